The lowest BCUT2D eigenvalue weighted by atomic mass is 9.89. The number of carbonyl (C=O) groups is 1. The van der Waals surface area contributed by atoms with Gasteiger partial charge in [0.25, 0.3) is 0 Å². The molecule has 0 bridgehead atoms. The van der Waals surface area contributed by atoms with Gasteiger partial charge in [0.2, 0.25) is 0 Å². The summed E-state index contributed by atoms with van der Waals surface area (Å²) >= 11 is 0. The molecule has 23 heavy (non-hydrogen) atoms. The summed E-state index contributed by atoms with van der Waals surface area (Å²) in [5.74, 6) is -3.59. The molecule has 2 N–H and O–H groups in total. The van der Waals surface area contributed by atoms with Crippen LogP contribution in [0.25, 0.3) is 0 Å². The molecule has 1 unspecified atom stereocenters. The number of hydrogen-bond donors (Lipinski definition) is 2. The Labute approximate surface area is 132 Å². The van der Waals surface area contributed by atoms with Crippen LogP contribution in [0.3, 0.4) is 0 Å². The number of urea groups is 1. The zero-order chi connectivity index (χ0) is 17.0. The zero-order valence-electron chi connectivity index (χ0n) is 12.8. The molecule has 0 aliphatic carbocycles. The van der Waals surface area contributed by atoms with Crippen LogP contribution in [0.2, 0.25) is 0 Å². The molecule has 0 aromatic heterocycles. The fourth-order valence-electron chi connectivity index (χ4n) is 2.19. The molecule has 0 spiro atoms. The number of anilines is 1. The Kier molecular flexibility index (Phi) is 4.93. The van der Waals surface area contributed by atoms with Crippen molar-refractivity contribution in [3.8, 4) is 0 Å². The van der Waals surface area contributed by atoms with Gasteiger partial charge in [0.1, 0.15) is 5.82 Å². The van der Waals surface area contributed by atoms with Gasteiger partial charge in [0.15, 0.2) is 11.6 Å². The van der Waals surface area contributed by atoms with Crippen LogP contribution in [-0.4, -0.2) is 6.03 Å². The number of amides is 2. The van der Waals surface area contributed by atoms with Gasteiger partial charge in [-0.1, -0.05) is 37.3 Å². The molecule has 0 aliphatic rings. The van der Waals surface area contributed by atoms with Crippen LogP contribution in [-0.2, 0) is 5.54 Å². The summed E-state index contributed by atoms with van der Waals surface area (Å²) in [5.41, 5.74) is -0.225. The molecule has 2 aromatic carbocycles. The van der Waals surface area contributed by atoms with E-state index in [-0.39, 0.29) is 0 Å². The summed E-state index contributed by atoms with van der Waals surface area (Å²) in [6, 6.07) is 9.57. The summed E-state index contributed by atoms with van der Waals surface area (Å²) in [7, 11) is 0. The maximum atomic E-state index is 13.6. The largest absolute Gasteiger partial charge is 0.329 e. The van der Waals surface area contributed by atoms with Crippen LogP contribution in [0.15, 0.2) is 42.5 Å². The van der Waals surface area contributed by atoms with E-state index in [0.29, 0.717) is 18.6 Å². The van der Waals surface area contributed by atoms with Gasteiger partial charge in [-0.15, -0.1) is 0 Å². The van der Waals surface area contributed by atoms with E-state index in [4.69, 9.17) is 0 Å². The SMILES string of the molecule is CCC(C)(NC(=O)Nc1cc(F)c(F)cc1F)c1ccccc1. The molecule has 3 nitrogen and oxygen atoms in total. The minimum Gasteiger partial charge on any atom is -0.329 e. The summed E-state index contributed by atoms with van der Waals surface area (Å²) < 4.78 is 39.6. The molecule has 0 saturated carbocycles. The Morgan fingerprint density at radius 1 is 1.04 bits per heavy atom. The van der Waals surface area contributed by atoms with E-state index < -0.39 is 34.7 Å². The summed E-state index contributed by atoms with van der Waals surface area (Å²) in [6.07, 6.45) is 0.588. The third-order valence-corrected chi connectivity index (χ3v) is 3.77. The average Bonchev–Trinajstić information content (AvgIpc) is 2.53. The fraction of sp³-hybridized carbons (Fsp3) is 0.235. The lowest BCUT2D eigenvalue weighted by Gasteiger charge is -2.30. The molecule has 0 heterocycles. The highest BCUT2D eigenvalue weighted by Gasteiger charge is 2.26. The number of benzene rings is 2. The second-order valence-electron chi connectivity index (χ2n) is 5.38. The average molecular weight is 322 g/mol. The van der Waals surface area contributed by atoms with E-state index in [2.05, 4.69) is 10.6 Å². The highest BCUT2D eigenvalue weighted by molar-refractivity contribution is 5.90. The van der Waals surface area contributed by atoms with Gasteiger partial charge in [-0.3, -0.25) is 0 Å². The predicted octanol–water partition coefficient (Wildman–Crippen LogP) is 4.55. The van der Waals surface area contributed by atoms with Crippen LogP contribution >= 0.6 is 0 Å². The molecule has 0 saturated heterocycles. The summed E-state index contributed by atoms with van der Waals surface area (Å²) in [4.78, 5) is 12.1. The summed E-state index contributed by atoms with van der Waals surface area (Å²) in [6.45, 7) is 3.72. The normalized spacial score (nSPS) is 13.3. The molecule has 6 heteroatoms. The number of nitrogens with one attached hydrogen (secondary N) is 2. The van der Waals surface area contributed by atoms with Crippen molar-refractivity contribution in [3.63, 3.8) is 0 Å². The number of carbonyl (C=O) groups excluding carboxylic acids is 1. The van der Waals surface area contributed by atoms with Gasteiger partial charge >= 0.3 is 6.03 Å². The van der Waals surface area contributed by atoms with Crippen molar-refractivity contribution in [2.45, 2.75) is 25.8 Å². The van der Waals surface area contributed by atoms with Crippen molar-refractivity contribution in [1.29, 1.82) is 0 Å². The lowest BCUT2D eigenvalue weighted by molar-refractivity contribution is 0.237. The van der Waals surface area contributed by atoms with Crippen molar-refractivity contribution in [1.82, 2.24) is 5.32 Å². The topological polar surface area (TPSA) is 41.1 Å². The smallest absolute Gasteiger partial charge is 0.320 e. The monoisotopic (exact) mass is 322 g/mol. The zero-order valence-corrected chi connectivity index (χ0v) is 12.8. The van der Waals surface area contributed by atoms with Crippen LogP contribution < -0.4 is 10.6 Å². The molecule has 0 fully saturated rings. The van der Waals surface area contributed by atoms with Crippen molar-refractivity contribution in [2.24, 2.45) is 0 Å². The Balaban J connectivity index is 2.17. The van der Waals surface area contributed by atoms with Gasteiger partial charge in [-0.05, 0) is 18.9 Å². The minimum absolute atomic E-state index is 0.390. The van der Waals surface area contributed by atoms with Crippen LogP contribution in [0.4, 0.5) is 23.7 Å². The quantitative estimate of drug-likeness (QED) is 0.797. The molecule has 2 rings (SSSR count). The van der Waals surface area contributed by atoms with E-state index in [1.807, 2.05) is 44.2 Å². The predicted molar refractivity (Wildman–Crippen MR) is 82.6 cm³/mol. The fourth-order valence-corrected chi connectivity index (χ4v) is 2.19. The molecule has 122 valence electrons. The molecular weight excluding hydrogens is 305 g/mol. The number of halogens is 3. The first-order chi connectivity index (χ1) is 10.9. The molecule has 1 atom stereocenters. The number of rotatable bonds is 4. The van der Waals surface area contributed by atoms with Crippen molar-refractivity contribution in [2.75, 3.05) is 5.32 Å². The molecular formula is C17H17F3N2O. The van der Waals surface area contributed by atoms with E-state index in [0.717, 1.165) is 5.56 Å². The van der Waals surface area contributed by atoms with Gasteiger partial charge in [-0.2, -0.15) is 0 Å². The third-order valence-electron chi connectivity index (χ3n) is 3.77. The highest BCUT2D eigenvalue weighted by Crippen LogP contribution is 2.25. The van der Waals surface area contributed by atoms with Gasteiger partial charge < -0.3 is 10.6 Å². The van der Waals surface area contributed by atoms with Crippen LogP contribution in [0, 0.1) is 17.5 Å². The third kappa shape index (κ3) is 3.83. The van der Waals surface area contributed by atoms with Gasteiger partial charge in [0.05, 0.1) is 11.2 Å². The second-order valence-corrected chi connectivity index (χ2v) is 5.38. The van der Waals surface area contributed by atoms with E-state index >= 15 is 0 Å². The number of hydrogen-bond acceptors (Lipinski definition) is 1. The van der Waals surface area contributed by atoms with E-state index in [1.165, 1.54) is 0 Å². The summed E-state index contributed by atoms with van der Waals surface area (Å²) in [5, 5.41) is 4.94. The first-order valence-electron chi connectivity index (χ1n) is 7.15. The van der Waals surface area contributed by atoms with Crippen LogP contribution in [0.5, 0.6) is 0 Å². The standard InChI is InChI=1S/C17H17F3N2O/c1-3-17(2,11-7-5-4-6-8-11)22-16(23)21-15-10-13(19)12(18)9-14(15)20/h4-10H,3H2,1-2H3,(H2,21,22,23). The first kappa shape index (κ1) is 16.9. The van der Waals surface area contributed by atoms with Gasteiger partial charge in [-0.25, -0.2) is 18.0 Å². The Morgan fingerprint density at radius 3 is 2.26 bits per heavy atom. The first-order valence-corrected chi connectivity index (χ1v) is 7.15. The lowest BCUT2D eigenvalue weighted by Crippen LogP contribution is -2.45. The highest BCUT2D eigenvalue weighted by atomic mass is 19.2. The Morgan fingerprint density at radius 2 is 1.65 bits per heavy atom. The second kappa shape index (κ2) is 6.73. The Hall–Kier alpha value is -2.50. The molecule has 2 amide bonds. The molecule has 0 radical (unpaired) electrons. The maximum Gasteiger partial charge on any atom is 0.320 e. The maximum absolute atomic E-state index is 13.6. The molecule has 0 aliphatic heterocycles. The van der Waals surface area contributed by atoms with E-state index in [1.54, 1.807) is 0 Å². The van der Waals surface area contributed by atoms with Crippen LogP contribution in [0.1, 0.15) is 25.8 Å². The van der Waals surface area contributed by atoms with Gasteiger partial charge in [0, 0.05) is 12.1 Å². The Bertz CT molecular complexity index is 706. The van der Waals surface area contributed by atoms with Crippen molar-refractivity contribution >= 4 is 11.7 Å². The van der Waals surface area contributed by atoms with Crippen molar-refractivity contribution < 1.29 is 18.0 Å². The van der Waals surface area contributed by atoms with E-state index in [9.17, 15) is 18.0 Å². The van der Waals surface area contributed by atoms with Crippen molar-refractivity contribution in [3.05, 3.63) is 65.5 Å². The molecule has 2 aromatic rings. The minimum atomic E-state index is -1.31.